The number of pyridine rings is 1. The molecular weight excluding hydrogens is 407 g/mol. The molecule has 0 amide bonds. The van der Waals surface area contributed by atoms with Crippen LogP contribution in [0.25, 0.3) is 6.08 Å². The van der Waals surface area contributed by atoms with Crippen molar-refractivity contribution in [3.63, 3.8) is 0 Å². The average molecular weight is 421 g/mol. The fourth-order valence-electron chi connectivity index (χ4n) is 2.26. The highest BCUT2D eigenvalue weighted by molar-refractivity contribution is 7.94. The van der Waals surface area contributed by atoms with Gasteiger partial charge < -0.3 is 9.47 Å². The monoisotopic (exact) mass is 421 g/mol. The molecule has 0 saturated carbocycles. The summed E-state index contributed by atoms with van der Waals surface area (Å²) < 4.78 is 70.5. The lowest BCUT2D eigenvalue weighted by Gasteiger charge is -2.10. The van der Waals surface area contributed by atoms with Crippen LogP contribution in [-0.2, 0) is 9.84 Å². The van der Waals surface area contributed by atoms with Gasteiger partial charge in [-0.25, -0.2) is 8.42 Å². The number of sulfone groups is 1. The van der Waals surface area contributed by atoms with Crippen molar-refractivity contribution >= 4 is 15.9 Å². The Bertz CT molecular complexity index is 1080. The zero-order valence-corrected chi connectivity index (χ0v) is 15.5. The standard InChI is InChI=1S/C20H14F3NO4S/c21-20(22,23)28-18-6-4-16(5-7-18)27-17-8-10-19(11-9-17)29(25,26)14-12-15-3-1-2-13-24-15/h1-14H/b14-12+. The smallest absolute Gasteiger partial charge is 0.457 e. The van der Waals surface area contributed by atoms with E-state index in [2.05, 4.69) is 9.72 Å². The predicted octanol–water partition coefficient (Wildman–Crippen LogP) is 5.22. The van der Waals surface area contributed by atoms with Gasteiger partial charge in [0.15, 0.2) is 9.84 Å². The molecule has 5 nitrogen and oxygen atoms in total. The van der Waals surface area contributed by atoms with E-state index >= 15 is 0 Å². The Morgan fingerprint density at radius 3 is 1.97 bits per heavy atom. The van der Waals surface area contributed by atoms with Crippen LogP contribution in [0.2, 0.25) is 0 Å². The van der Waals surface area contributed by atoms with Gasteiger partial charge in [-0.15, -0.1) is 13.2 Å². The van der Waals surface area contributed by atoms with Crippen LogP contribution in [0.5, 0.6) is 17.2 Å². The zero-order valence-electron chi connectivity index (χ0n) is 14.7. The van der Waals surface area contributed by atoms with Gasteiger partial charge in [-0.3, -0.25) is 4.98 Å². The van der Waals surface area contributed by atoms with Crippen molar-refractivity contribution in [2.75, 3.05) is 0 Å². The number of alkyl halides is 3. The third-order valence-electron chi connectivity index (χ3n) is 3.55. The molecule has 3 rings (SSSR count). The molecule has 29 heavy (non-hydrogen) atoms. The lowest BCUT2D eigenvalue weighted by Crippen LogP contribution is -2.16. The molecule has 0 bridgehead atoms. The summed E-state index contributed by atoms with van der Waals surface area (Å²) in [6, 6.07) is 15.6. The molecular formula is C20H14F3NO4S. The number of ether oxygens (including phenoxy) is 2. The zero-order chi connectivity index (χ0) is 20.9. The van der Waals surface area contributed by atoms with Gasteiger partial charge in [-0.05, 0) is 66.7 Å². The van der Waals surface area contributed by atoms with Crippen molar-refractivity contribution in [1.29, 1.82) is 0 Å². The Morgan fingerprint density at radius 2 is 1.41 bits per heavy atom. The molecule has 0 aliphatic carbocycles. The Kier molecular flexibility index (Phi) is 5.88. The van der Waals surface area contributed by atoms with Crippen LogP contribution in [-0.4, -0.2) is 19.8 Å². The summed E-state index contributed by atoms with van der Waals surface area (Å²) in [5.74, 6) is 0.221. The fraction of sp³-hybridized carbons (Fsp3) is 0.0500. The average Bonchev–Trinajstić information content (AvgIpc) is 2.68. The fourth-order valence-corrected chi connectivity index (χ4v) is 3.25. The second kappa shape index (κ2) is 8.36. The number of halogens is 3. The minimum Gasteiger partial charge on any atom is -0.457 e. The van der Waals surface area contributed by atoms with Crippen molar-refractivity contribution in [3.05, 3.63) is 84.0 Å². The number of hydrogen-bond donors (Lipinski definition) is 0. The van der Waals surface area contributed by atoms with E-state index < -0.39 is 16.2 Å². The van der Waals surface area contributed by atoms with Crippen LogP contribution < -0.4 is 9.47 Å². The molecule has 0 saturated heterocycles. The summed E-state index contributed by atoms with van der Waals surface area (Å²) in [5.41, 5.74) is 0.508. The minimum atomic E-state index is -4.77. The van der Waals surface area contributed by atoms with E-state index in [1.54, 1.807) is 24.4 Å². The third kappa shape index (κ3) is 6.08. The Morgan fingerprint density at radius 1 is 0.828 bits per heavy atom. The van der Waals surface area contributed by atoms with Crippen molar-refractivity contribution in [3.8, 4) is 17.2 Å². The summed E-state index contributed by atoms with van der Waals surface area (Å²) in [6.45, 7) is 0. The normalized spacial score (nSPS) is 12.1. The van der Waals surface area contributed by atoms with Crippen molar-refractivity contribution < 1.29 is 31.1 Å². The second-order valence-corrected chi connectivity index (χ2v) is 7.53. The van der Waals surface area contributed by atoms with Gasteiger partial charge in [0.1, 0.15) is 17.2 Å². The van der Waals surface area contributed by atoms with Gasteiger partial charge in [0.2, 0.25) is 0 Å². The van der Waals surface area contributed by atoms with Crippen LogP contribution in [0.1, 0.15) is 5.69 Å². The number of nitrogens with zero attached hydrogens (tertiary/aromatic N) is 1. The molecule has 9 heteroatoms. The largest absolute Gasteiger partial charge is 0.573 e. The van der Waals surface area contributed by atoms with Gasteiger partial charge in [-0.2, -0.15) is 0 Å². The Hall–Kier alpha value is -3.33. The summed E-state index contributed by atoms with van der Waals surface area (Å²) in [4.78, 5) is 4.08. The first-order valence-corrected chi connectivity index (χ1v) is 9.74. The van der Waals surface area contributed by atoms with Gasteiger partial charge in [0.25, 0.3) is 0 Å². The first kappa shape index (κ1) is 20.4. The molecule has 0 N–H and O–H groups in total. The SMILES string of the molecule is O=S(=O)(/C=C/c1ccccn1)c1ccc(Oc2ccc(OC(F)(F)F)cc2)cc1. The van der Waals surface area contributed by atoms with E-state index in [0.717, 1.165) is 17.5 Å². The molecule has 0 unspecified atom stereocenters. The van der Waals surface area contributed by atoms with Crippen LogP contribution in [0.4, 0.5) is 13.2 Å². The topological polar surface area (TPSA) is 65.5 Å². The maximum Gasteiger partial charge on any atom is 0.573 e. The molecule has 0 aliphatic rings. The maximum atomic E-state index is 12.4. The van der Waals surface area contributed by atoms with Crippen molar-refractivity contribution in [2.45, 2.75) is 11.3 Å². The highest BCUT2D eigenvalue weighted by Crippen LogP contribution is 2.28. The van der Waals surface area contributed by atoms with E-state index in [1.165, 1.54) is 42.5 Å². The molecule has 0 atom stereocenters. The lowest BCUT2D eigenvalue weighted by molar-refractivity contribution is -0.274. The molecule has 0 aliphatic heterocycles. The first-order valence-electron chi connectivity index (χ1n) is 8.19. The van der Waals surface area contributed by atoms with E-state index in [4.69, 9.17) is 4.74 Å². The number of hydrogen-bond acceptors (Lipinski definition) is 5. The van der Waals surface area contributed by atoms with Crippen LogP contribution >= 0.6 is 0 Å². The summed E-state index contributed by atoms with van der Waals surface area (Å²) >= 11 is 0. The summed E-state index contributed by atoms with van der Waals surface area (Å²) in [6.07, 6.45) is -1.82. The second-order valence-electron chi connectivity index (χ2n) is 5.70. The quantitative estimate of drug-likeness (QED) is 0.546. The van der Waals surface area contributed by atoms with E-state index in [0.29, 0.717) is 11.4 Å². The van der Waals surface area contributed by atoms with Crippen molar-refractivity contribution in [2.24, 2.45) is 0 Å². The summed E-state index contributed by atoms with van der Waals surface area (Å²) in [7, 11) is -3.67. The molecule has 2 aromatic carbocycles. The number of benzene rings is 2. The summed E-state index contributed by atoms with van der Waals surface area (Å²) in [5, 5.41) is 1.06. The maximum absolute atomic E-state index is 12.4. The predicted molar refractivity (Wildman–Crippen MR) is 100 cm³/mol. The minimum absolute atomic E-state index is 0.0611. The number of rotatable bonds is 6. The third-order valence-corrected chi connectivity index (χ3v) is 4.97. The molecule has 1 aromatic heterocycles. The molecule has 0 spiro atoms. The molecule has 0 radical (unpaired) electrons. The molecule has 0 fully saturated rings. The first-order chi connectivity index (χ1) is 13.7. The van der Waals surface area contributed by atoms with E-state index in [1.807, 2.05) is 0 Å². The van der Waals surface area contributed by atoms with Crippen molar-refractivity contribution in [1.82, 2.24) is 4.98 Å². The van der Waals surface area contributed by atoms with Crippen LogP contribution in [0.15, 0.2) is 83.2 Å². The molecule has 150 valence electrons. The number of aromatic nitrogens is 1. The highest BCUT2D eigenvalue weighted by Gasteiger charge is 2.30. The van der Waals surface area contributed by atoms with Gasteiger partial charge in [0, 0.05) is 11.6 Å². The molecule has 3 aromatic rings. The van der Waals surface area contributed by atoms with Gasteiger partial charge in [0.05, 0.1) is 10.6 Å². The molecule has 1 heterocycles. The van der Waals surface area contributed by atoms with Crippen LogP contribution in [0, 0.1) is 0 Å². The highest BCUT2D eigenvalue weighted by atomic mass is 32.2. The van der Waals surface area contributed by atoms with E-state index in [9.17, 15) is 21.6 Å². The van der Waals surface area contributed by atoms with Gasteiger partial charge >= 0.3 is 6.36 Å². The van der Waals surface area contributed by atoms with Gasteiger partial charge in [-0.1, -0.05) is 6.07 Å². The Balaban J connectivity index is 1.67. The lowest BCUT2D eigenvalue weighted by atomic mass is 10.3. The van der Waals surface area contributed by atoms with Crippen LogP contribution in [0.3, 0.4) is 0 Å². The van der Waals surface area contributed by atoms with E-state index in [-0.39, 0.29) is 16.4 Å². The Labute approximate surface area is 165 Å².